The third-order valence-electron chi connectivity index (χ3n) is 5.64. The zero-order valence-electron chi connectivity index (χ0n) is 18.8. The number of ether oxygens (including phenoxy) is 1. The zero-order valence-corrected chi connectivity index (χ0v) is 19.6. The number of anilines is 2. The number of halogens is 1. The minimum atomic E-state index is -0.503. The highest BCUT2D eigenvalue weighted by Gasteiger charge is 2.23. The maximum absolute atomic E-state index is 12.5. The molecule has 1 aliphatic rings. The molecule has 0 spiro atoms. The molecule has 2 aromatic rings. The molecule has 1 fully saturated rings. The van der Waals surface area contributed by atoms with Crippen LogP contribution in [0.4, 0.5) is 21.0 Å². The van der Waals surface area contributed by atoms with Crippen molar-refractivity contribution in [2.75, 3.05) is 37.4 Å². The number of hydrogen-bond donors (Lipinski definition) is 3. The van der Waals surface area contributed by atoms with Gasteiger partial charge < -0.3 is 25.6 Å². The minimum absolute atomic E-state index is 0.132. The summed E-state index contributed by atoms with van der Waals surface area (Å²) in [5.74, 6) is -0.0819. The van der Waals surface area contributed by atoms with E-state index in [0.29, 0.717) is 47.5 Å². The largest absolute Gasteiger partial charge is 0.465 e. The number of hydrogen-bond acceptors (Lipinski definition) is 4. The molecule has 3 N–H and O–H groups in total. The Bertz CT molecular complexity index is 1010. The first kappa shape index (κ1) is 24.4. The SMILES string of the molecule is COC(=O)c1ccc(C)cc1NC(=O)NCCC1CCN(C(=O)Nc2cccc(Cl)c2)CC1. The molecule has 9 heteroatoms. The summed E-state index contributed by atoms with van der Waals surface area (Å²) in [5.41, 5.74) is 2.32. The summed E-state index contributed by atoms with van der Waals surface area (Å²) in [6.45, 7) is 3.71. The normalized spacial score (nSPS) is 13.8. The highest BCUT2D eigenvalue weighted by atomic mass is 35.5. The van der Waals surface area contributed by atoms with Gasteiger partial charge in [-0.2, -0.15) is 0 Å². The average Bonchev–Trinajstić information content (AvgIpc) is 2.79. The van der Waals surface area contributed by atoms with Crippen molar-refractivity contribution in [1.29, 1.82) is 0 Å². The van der Waals surface area contributed by atoms with Gasteiger partial charge >= 0.3 is 18.0 Å². The van der Waals surface area contributed by atoms with E-state index in [4.69, 9.17) is 16.3 Å². The minimum Gasteiger partial charge on any atom is -0.465 e. The van der Waals surface area contributed by atoms with Gasteiger partial charge in [0.15, 0.2) is 0 Å². The molecule has 1 heterocycles. The standard InChI is InChI=1S/C24H29ClN4O4/c1-16-6-7-20(22(30)33-2)21(14-16)28-23(31)26-11-8-17-9-12-29(13-10-17)24(32)27-19-5-3-4-18(25)15-19/h3-7,14-15,17H,8-13H2,1-2H3,(H,27,32)(H2,26,28,31). The van der Waals surface area contributed by atoms with Crippen molar-refractivity contribution < 1.29 is 19.1 Å². The zero-order chi connectivity index (χ0) is 23.8. The van der Waals surface area contributed by atoms with Gasteiger partial charge in [-0.05, 0) is 68.0 Å². The number of aryl methyl sites for hydroxylation is 1. The van der Waals surface area contributed by atoms with Crippen molar-refractivity contribution in [2.45, 2.75) is 26.2 Å². The van der Waals surface area contributed by atoms with Gasteiger partial charge in [0, 0.05) is 30.3 Å². The Kier molecular flexibility index (Phi) is 8.54. The number of nitrogens with one attached hydrogen (secondary N) is 3. The number of benzene rings is 2. The number of rotatable bonds is 6. The van der Waals surface area contributed by atoms with Gasteiger partial charge in [0.1, 0.15) is 0 Å². The molecule has 176 valence electrons. The second kappa shape index (κ2) is 11.6. The second-order valence-corrected chi connectivity index (χ2v) is 8.52. The van der Waals surface area contributed by atoms with E-state index in [0.717, 1.165) is 24.8 Å². The fourth-order valence-corrected chi connectivity index (χ4v) is 3.99. The molecule has 0 saturated carbocycles. The van der Waals surface area contributed by atoms with Gasteiger partial charge in [0.25, 0.3) is 0 Å². The topological polar surface area (TPSA) is 99.8 Å². The van der Waals surface area contributed by atoms with Crippen LogP contribution in [0.1, 0.15) is 35.2 Å². The number of carbonyl (C=O) groups is 3. The van der Waals surface area contributed by atoms with Crippen LogP contribution >= 0.6 is 11.6 Å². The molecule has 0 atom stereocenters. The second-order valence-electron chi connectivity index (χ2n) is 8.08. The summed E-state index contributed by atoms with van der Waals surface area (Å²) in [6.07, 6.45) is 2.56. The van der Waals surface area contributed by atoms with Gasteiger partial charge in [0.05, 0.1) is 18.4 Å². The maximum atomic E-state index is 12.5. The number of esters is 1. The molecule has 0 bridgehead atoms. The molecular weight excluding hydrogens is 444 g/mol. The van der Waals surface area contributed by atoms with Gasteiger partial charge in [-0.3, -0.25) is 0 Å². The molecule has 0 aromatic heterocycles. The van der Waals surface area contributed by atoms with Gasteiger partial charge in [-0.25, -0.2) is 14.4 Å². The number of methoxy groups -OCH3 is 1. The molecule has 8 nitrogen and oxygen atoms in total. The van der Waals surface area contributed by atoms with Crippen LogP contribution in [0, 0.1) is 12.8 Å². The maximum Gasteiger partial charge on any atom is 0.339 e. The summed E-state index contributed by atoms with van der Waals surface area (Å²) >= 11 is 5.96. The molecule has 1 aliphatic heterocycles. The summed E-state index contributed by atoms with van der Waals surface area (Å²) in [7, 11) is 1.30. The van der Waals surface area contributed by atoms with Gasteiger partial charge in [-0.15, -0.1) is 0 Å². The van der Waals surface area contributed by atoms with E-state index in [1.165, 1.54) is 7.11 Å². The van der Waals surface area contributed by atoms with Crippen molar-refractivity contribution in [2.24, 2.45) is 5.92 Å². The smallest absolute Gasteiger partial charge is 0.339 e. The van der Waals surface area contributed by atoms with E-state index in [1.54, 1.807) is 47.4 Å². The first-order valence-electron chi connectivity index (χ1n) is 10.9. The predicted octanol–water partition coefficient (Wildman–Crippen LogP) is 4.89. The number of nitrogens with zero attached hydrogens (tertiary/aromatic N) is 1. The highest BCUT2D eigenvalue weighted by molar-refractivity contribution is 6.30. The number of urea groups is 2. The molecule has 0 radical (unpaired) electrons. The van der Waals surface area contributed by atoms with E-state index in [1.807, 2.05) is 6.92 Å². The van der Waals surface area contributed by atoms with Crippen molar-refractivity contribution in [1.82, 2.24) is 10.2 Å². The lowest BCUT2D eigenvalue weighted by molar-refractivity contribution is 0.0602. The summed E-state index contributed by atoms with van der Waals surface area (Å²) < 4.78 is 4.77. The van der Waals surface area contributed by atoms with E-state index < -0.39 is 5.97 Å². The lowest BCUT2D eigenvalue weighted by atomic mass is 9.94. The average molecular weight is 473 g/mol. The van der Waals surface area contributed by atoms with Crippen LogP contribution in [0.3, 0.4) is 0 Å². The third kappa shape index (κ3) is 7.12. The van der Waals surface area contributed by atoms with Crippen LogP contribution in [0.2, 0.25) is 5.02 Å². The molecule has 2 aromatic carbocycles. The van der Waals surface area contributed by atoms with E-state index in [-0.39, 0.29) is 12.1 Å². The third-order valence-corrected chi connectivity index (χ3v) is 5.88. The Morgan fingerprint density at radius 2 is 1.85 bits per heavy atom. The quantitative estimate of drug-likeness (QED) is 0.521. The Morgan fingerprint density at radius 1 is 1.09 bits per heavy atom. The van der Waals surface area contributed by atoms with Crippen molar-refractivity contribution >= 4 is 41.0 Å². The lowest BCUT2D eigenvalue weighted by Crippen LogP contribution is -2.41. The number of carbonyl (C=O) groups excluding carboxylic acids is 3. The summed E-state index contributed by atoms with van der Waals surface area (Å²) in [4.78, 5) is 38.5. The fraction of sp³-hybridized carbons (Fsp3) is 0.375. The van der Waals surface area contributed by atoms with E-state index >= 15 is 0 Å². The van der Waals surface area contributed by atoms with Crippen LogP contribution in [0.5, 0.6) is 0 Å². The van der Waals surface area contributed by atoms with Gasteiger partial charge in [-0.1, -0.05) is 23.7 Å². The highest BCUT2D eigenvalue weighted by Crippen LogP contribution is 2.22. The first-order valence-corrected chi connectivity index (χ1v) is 11.3. The van der Waals surface area contributed by atoms with E-state index in [2.05, 4.69) is 16.0 Å². The lowest BCUT2D eigenvalue weighted by Gasteiger charge is -2.32. The Balaban J connectivity index is 1.40. The number of likely N-dealkylation sites (tertiary alicyclic amines) is 1. The molecule has 1 saturated heterocycles. The monoisotopic (exact) mass is 472 g/mol. The molecule has 4 amide bonds. The van der Waals surface area contributed by atoms with Crippen molar-refractivity contribution in [3.8, 4) is 0 Å². The fourth-order valence-electron chi connectivity index (χ4n) is 3.80. The summed E-state index contributed by atoms with van der Waals surface area (Å²) in [6, 6.07) is 11.7. The predicted molar refractivity (Wildman–Crippen MR) is 129 cm³/mol. The Labute approximate surface area is 198 Å². The van der Waals surface area contributed by atoms with Crippen LogP contribution in [0.25, 0.3) is 0 Å². The Hall–Kier alpha value is -3.26. The Morgan fingerprint density at radius 3 is 2.55 bits per heavy atom. The number of piperidine rings is 1. The molecule has 3 rings (SSSR count). The van der Waals surface area contributed by atoms with E-state index in [9.17, 15) is 14.4 Å². The van der Waals surface area contributed by atoms with Gasteiger partial charge in [0.2, 0.25) is 0 Å². The first-order chi connectivity index (χ1) is 15.9. The summed E-state index contributed by atoms with van der Waals surface area (Å²) in [5, 5.41) is 9.03. The van der Waals surface area contributed by atoms with Crippen LogP contribution < -0.4 is 16.0 Å². The van der Waals surface area contributed by atoms with Crippen LogP contribution in [-0.2, 0) is 4.74 Å². The molecule has 33 heavy (non-hydrogen) atoms. The van der Waals surface area contributed by atoms with Crippen molar-refractivity contribution in [3.05, 3.63) is 58.6 Å². The molecular formula is C24H29ClN4O4. The van der Waals surface area contributed by atoms with Crippen LogP contribution in [0.15, 0.2) is 42.5 Å². The number of amides is 4. The molecule has 0 unspecified atom stereocenters. The molecule has 0 aliphatic carbocycles. The van der Waals surface area contributed by atoms with Crippen molar-refractivity contribution in [3.63, 3.8) is 0 Å². The van der Waals surface area contributed by atoms with Crippen LogP contribution in [-0.4, -0.2) is 49.7 Å².